The van der Waals surface area contributed by atoms with Crippen LogP contribution in [0.25, 0.3) is 11.1 Å². The molecule has 0 saturated heterocycles. The fraction of sp³-hybridized carbons (Fsp3) is 0.227. The molecule has 0 aliphatic carbocycles. The Morgan fingerprint density at radius 3 is 2.20 bits per heavy atom. The lowest BCUT2D eigenvalue weighted by molar-refractivity contribution is -0.153. The number of hydrogen-bond acceptors (Lipinski definition) is 7. The van der Waals surface area contributed by atoms with E-state index in [1.165, 1.54) is 38.3 Å². The van der Waals surface area contributed by atoms with Crippen molar-refractivity contribution >= 4 is 17.7 Å². The van der Waals surface area contributed by atoms with Crippen LogP contribution in [0.5, 0.6) is 17.2 Å². The second kappa shape index (κ2) is 10.2. The second-order valence-corrected chi connectivity index (χ2v) is 6.21. The Kier molecular flexibility index (Phi) is 7.69. The largest absolute Gasteiger partial charge is 0.496 e. The van der Waals surface area contributed by atoms with Crippen LogP contribution < -0.4 is 14.2 Å². The third-order valence-electron chi connectivity index (χ3n) is 3.84. The number of methoxy groups -OCH3 is 1. The van der Waals surface area contributed by atoms with Crippen molar-refractivity contribution in [2.75, 3.05) is 20.3 Å². The molecule has 158 valence electrons. The molecule has 7 nitrogen and oxygen atoms in total. The molecular weight excluding hydrogens is 395 g/mol. The van der Waals surface area contributed by atoms with Crippen LogP contribution in [-0.4, -0.2) is 38.0 Å². The smallest absolute Gasteiger partial charge is 0.374 e. The molecule has 2 rings (SSSR count). The molecule has 0 aromatic heterocycles. The predicted octanol–water partition coefficient (Wildman–Crippen LogP) is 3.49. The molecule has 0 N–H and O–H groups in total. The van der Waals surface area contributed by atoms with Crippen molar-refractivity contribution in [3.8, 4) is 28.4 Å². The van der Waals surface area contributed by atoms with Gasteiger partial charge in [-0.1, -0.05) is 6.58 Å². The van der Waals surface area contributed by atoms with E-state index in [0.29, 0.717) is 11.3 Å². The highest BCUT2D eigenvalue weighted by atomic mass is 19.1. The lowest BCUT2D eigenvalue weighted by atomic mass is 10.0. The van der Waals surface area contributed by atoms with Gasteiger partial charge in [0, 0.05) is 35.8 Å². The number of halogens is 1. The molecule has 0 spiro atoms. The van der Waals surface area contributed by atoms with Crippen molar-refractivity contribution < 1.29 is 37.7 Å². The molecule has 2 aromatic carbocycles. The zero-order valence-corrected chi connectivity index (χ0v) is 16.8. The van der Waals surface area contributed by atoms with E-state index in [0.717, 1.165) is 6.92 Å². The fourth-order valence-electron chi connectivity index (χ4n) is 2.35. The van der Waals surface area contributed by atoms with Gasteiger partial charge in [0.15, 0.2) is 0 Å². The van der Waals surface area contributed by atoms with Gasteiger partial charge in [-0.25, -0.2) is 14.0 Å². The van der Waals surface area contributed by atoms with Gasteiger partial charge in [-0.15, -0.1) is 0 Å². The molecule has 2 aromatic rings. The SMILES string of the molecule is C=C(C)C(=O)Oc1ccc(-c2ccc(OCCOC(=O)C(C)=O)cc2F)c(OC)c1. The maximum Gasteiger partial charge on any atom is 0.374 e. The summed E-state index contributed by atoms with van der Waals surface area (Å²) in [6.45, 7) is 5.97. The Bertz CT molecular complexity index is 981. The third kappa shape index (κ3) is 5.91. The number of esters is 2. The van der Waals surface area contributed by atoms with Crippen LogP contribution in [0.15, 0.2) is 48.6 Å². The van der Waals surface area contributed by atoms with E-state index in [9.17, 15) is 18.8 Å². The second-order valence-electron chi connectivity index (χ2n) is 6.21. The highest BCUT2D eigenvalue weighted by Gasteiger charge is 2.15. The topological polar surface area (TPSA) is 88.1 Å². The molecule has 8 heteroatoms. The number of ether oxygens (including phenoxy) is 4. The van der Waals surface area contributed by atoms with Crippen molar-refractivity contribution in [3.63, 3.8) is 0 Å². The van der Waals surface area contributed by atoms with E-state index in [4.69, 9.17) is 14.2 Å². The molecule has 0 saturated carbocycles. The minimum absolute atomic E-state index is 0.0378. The normalized spacial score (nSPS) is 10.1. The van der Waals surface area contributed by atoms with Gasteiger partial charge in [-0.05, 0) is 31.2 Å². The van der Waals surface area contributed by atoms with E-state index in [-0.39, 0.29) is 35.8 Å². The summed E-state index contributed by atoms with van der Waals surface area (Å²) in [6.07, 6.45) is 0. The maximum absolute atomic E-state index is 14.6. The summed E-state index contributed by atoms with van der Waals surface area (Å²) < 4.78 is 35.1. The van der Waals surface area contributed by atoms with Gasteiger partial charge in [0.2, 0.25) is 5.78 Å². The van der Waals surface area contributed by atoms with Gasteiger partial charge in [0.25, 0.3) is 0 Å². The lowest BCUT2D eigenvalue weighted by Crippen LogP contribution is -2.17. The molecule has 0 aliphatic heterocycles. The van der Waals surface area contributed by atoms with Crippen LogP contribution in [-0.2, 0) is 19.1 Å². The van der Waals surface area contributed by atoms with Crippen molar-refractivity contribution in [2.45, 2.75) is 13.8 Å². The molecule has 0 radical (unpaired) electrons. The van der Waals surface area contributed by atoms with E-state index in [2.05, 4.69) is 11.3 Å². The molecule has 0 atom stereocenters. The number of Topliss-reactive ketones (excluding diaryl/α,β-unsaturated/α-hetero) is 1. The summed E-state index contributed by atoms with van der Waals surface area (Å²) in [5, 5.41) is 0. The third-order valence-corrected chi connectivity index (χ3v) is 3.84. The number of benzene rings is 2. The Morgan fingerprint density at radius 2 is 1.60 bits per heavy atom. The summed E-state index contributed by atoms with van der Waals surface area (Å²) in [5.41, 5.74) is 0.947. The Balaban J connectivity index is 2.12. The lowest BCUT2D eigenvalue weighted by Gasteiger charge is -2.13. The number of hydrogen-bond donors (Lipinski definition) is 0. The van der Waals surface area contributed by atoms with Gasteiger partial charge in [-0.2, -0.15) is 0 Å². The van der Waals surface area contributed by atoms with Crippen LogP contribution in [0.2, 0.25) is 0 Å². The molecule has 0 fully saturated rings. The Labute approximate surface area is 173 Å². The number of carbonyl (C=O) groups excluding carboxylic acids is 3. The van der Waals surface area contributed by atoms with Crippen LogP contribution in [0, 0.1) is 5.82 Å². The first-order valence-electron chi connectivity index (χ1n) is 8.89. The summed E-state index contributed by atoms with van der Waals surface area (Å²) in [5.74, 6) is -2.04. The monoisotopic (exact) mass is 416 g/mol. The fourth-order valence-corrected chi connectivity index (χ4v) is 2.35. The van der Waals surface area contributed by atoms with Crippen molar-refractivity contribution in [3.05, 3.63) is 54.4 Å². The minimum Gasteiger partial charge on any atom is -0.496 e. The predicted molar refractivity (Wildman–Crippen MR) is 106 cm³/mol. The highest BCUT2D eigenvalue weighted by Crippen LogP contribution is 2.36. The number of carbonyl (C=O) groups is 3. The summed E-state index contributed by atoms with van der Waals surface area (Å²) >= 11 is 0. The van der Waals surface area contributed by atoms with Crippen LogP contribution in [0.3, 0.4) is 0 Å². The quantitative estimate of drug-likeness (QED) is 0.203. The number of ketones is 1. The van der Waals surface area contributed by atoms with Gasteiger partial charge < -0.3 is 18.9 Å². The van der Waals surface area contributed by atoms with E-state index >= 15 is 0 Å². The summed E-state index contributed by atoms with van der Waals surface area (Å²) in [4.78, 5) is 33.5. The van der Waals surface area contributed by atoms with Crippen molar-refractivity contribution in [1.82, 2.24) is 0 Å². The summed E-state index contributed by atoms with van der Waals surface area (Å²) in [6, 6.07) is 8.79. The van der Waals surface area contributed by atoms with Crippen molar-refractivity contribution in [1.29, 1.82) is 0 Å². The van der Waals surface area contributed by atoms with Crippen LogP contribution in [0.4, 0.5) is 4.39 Å². The number of rotatable bonds is 9. The molecular formula is C22H21FO7. The average molecular weight is 416 g/mol. The first kappa shape index (κ1) is 22.6. The summed E-state index contributed by atoms with van der Waals surface area (Å²) in [7, 11) is 1.42. The van der Waals surface area contributed by atoms with Gasteiger partial charge >= 0.3 is 11.9 Å². The van der Waals surface area contributed by atoms with Gasteiger partial charge in [-0.3, -0.25) is 4.79 Å². The molecule has 0 unspecified atom stereocenters. The Hall–Kier alpha value is -3.68. The van der Waals surface area contributed by atoms with E-state index in [1.807, 2.05) is 0 Å². The minimum atomic E-state index is -0.954. The molecule has 30 heavy (non-hydrogen) atoms. The molecule has 0 amide bonds. The first-order valence-corrected chi connectivity index (χ1v) is 8.89. The van der Waals surface area contributed by atoms with Gasteiger partial charge in [0.1, 0.15) is 36.3 Å². The highest BCUT2D eigenvalue weighted by molar-refractivity contribution is 6.32. The first-order chi connectivity index (χ1) is 14.2. The molecule has 0 aliphatic rings. The van der Waals surface area contributed by atoms with E-state index in [1.54, 1.807) is 12.1 Å². The van der Waals surface area contributed by atoms with Gasteiger partial charge in [0.05, 0.1) is 7.11 Å². The molecule has 0 heterocycles. The standard InChI is InChI=1S/C22H21FO7/c1-13(2)21(25)30-16-6-8-18(20(12-16)27-4)17-7-5-15(11-19(17)23)28-9-10-29-22(26)14(3)24/h5-8,11-12H,1,9-10H2,2-4H3. The van der Waals surface area contributed by atoms with E-state index < -0.39 is 23.5 Å². The zero-order valence-electron chi connectivity index (χ0n) is 16.8. The van der Waals surface area contributed by atoms with Crippen LogP contribution in [0.1, 0.15) is 13.8 Å². The Morgan fingerprint density at radius 1 is 0.933 bits per heavy atom. The average Bonchev–Trinajstić information content (AvgIpc) is 2.71. The van der Waals surface area contributed by atoms with Crippen LogP contribution >= 0.6 is 0 Å². The maximum atomic E-state index is 14.6. The molecule has 0 bridgehead atoms. The van der Waals surface area contributed by atoms with Crippen molar-refractivity contribution in [2.24, 2.45) is 0 Å². The zero-order chi connectivity index (χ0) is 22.3.